The highest BCUT2D eigenvalue weighted by atomic mass is 35.5. The Bertz CT molecular complexity index is 1500. The third kappa shape index (κ3) is 5.33. The number of carbonyl (C=O) groups is 2. The number of para-hydroxylation sites is 1. The third-order valence-corrected chi connectivity index (χ3v) is 7.77. The first-order valence-electron chi connectivity index (χ1n) is 12.8. The number of alkyl halides is 3. The summed E-state index contributed by atoms with van der Waals surface area (Å²) in [6.07, 6.45) is -1.09. The van der Waals surface area contributed by atoms with Crippen LogP contribution in [0.2, 0.25) is 5.02 Å². The molecule has 2 amide bonds. The van der Waals surface area contributed by atoms with Crippen molar-refractivity contribution >= 4 is 29.1 Å². The molecule has 216 valence electrons. The summed E-state index contributed by atoms with van der Waals surface area (Å²) < 4.78 is 60.0. The number of halogens is 5. The fourth-order valence-corrected chi connectivity index (χ4v) is 5.69. The highest BCUT2D eigenvalue weighted by molar-refractivity contribution is 6.30. The number of benzene rings is 1. The summed E-state index contributed by atoms with van der Waals surface area (Å²) in [4.78, 5) is 34.9. The fourth-order valence-electron chi connectivity index (χ4n) is 5.53. The molecule has 2 N–H and O–H groups in total. The van der Waals surface area contributed by atoms with Crippen LogP contribution in [0.3, 0.4) is 0 Å². The average molecular weight is 593 g/mol. The Kier molecular flexibility index (Phi) is 7.64. The number of amides is 2. The second-order valence-corrected chi connectivity index (χ2v) is 10.5. The molecule has 0 spiro atoms. The van der Waals surface area contributed by atoms with Crippen molar-refractivity contribution in [2.24, 2.45) is 5.92 Å². The maximum absolute atomic E-state index is 14.9. The van der Waals surface area contributed by atoms with E-state index in [4.69, 9.17) is 16.3 Å². The van der Waals surface area contributed by atoms with Gasteiger partial charge in [-0.25, -0.2) is 14.4 Å². The minimum Gasteiger partial charge on any atom is -0.481 e. The number of pyridine rings is 2. The van der Waals surface area contributed by atoms with Crippen LogP contribution in [0.15, 0.2) is 48.8 Å². The second kappa shape index (κ2) is 10.9. The SMILES string of the molecule is COc1cc(C2(O)C(=O)N(C[C@H]3CC[C@H](NC(=O)c4cc(Cl)cnc4C(F)(F)F)CC3)c3ccccc32)c(F)cn1. The maximum atomic E-state index is 14.9. The zero-order chi connectivity index (χ0) is 29.5. The van der Waals surface area contributed by atoms with E-state index in [1.165, 1.54) is 18.1 Å². The highest BCUT2D eigenvalue weighted by Gasteiger charge is 2.53. The molecule has 8 nitrogen and oxygen atoms in total. The molecule has 5 rings (SSSR count). The van der Waals surface area contributed by atoms with Crippen molar-refractivity contribution in [3.8, 4) is 5.88 Å². The highest BCUT2D eigenvalue weighted by Crippen LogP contribution is 2.46. The number of carbonyl (C=O) groups excluding carboxylic acids is 2. The summed E-state index contributed by atoms with van der Waals surface area (Å²) >= 11 is 5.79. The van der Waals surface area contributed by atoms with Gasteiger partial charge in [-0.2, -0.15) is 13.2 Å². The summed E-state index contributed by atoms with van der Waals surface area (Å²) in [5.74, 6) is -2.50. The predicted octanol–water partition coefficient (Wildman–Crippen LogP) is 4.87. The van der Waals surface area contributed by atoms with Crippen LogP contribution in [0.25, 0.3) is 0 Å². The van der Waals surface area contributed by atoms with Gasteiger partial charge in [-0.15, -0.1) is 0 Å². The Morgan fingerprint density at radius 1 is 1.15 bits per heavy atom. The number of hydrogen-bond acceptors (Lipinski definition) is 6. The van der Waals surface area contributed by atoms with Gasteiger partial charge in [0, 0.05) is 36.0 Å². The zero-order valence-corrected chi connectivity index (χ0v) is 22.5. The Morgan fingerprint density at radius 3 is 2.54 bits per heavy atom. The first kappa shape index (κ1) is 28.7. The minimum absolute atomic E-state index is 0.0369. The standard InChI is InChI=1S/C28H25ClF4N4O4/c1-41-23-11-20(21(30)13-34-23)27(40)19-4-2-3-5-22(19)37(26(27)39)14-15-6-8-17(9-7-15)36-25(38)18-10-16(29)12-35-24(18)28(31,32)33/h2-5,10-13,15,17,40H,6-9,14H2,1H3,(H,36,38)/t15-,17-,27?. The van der Waals surface area contributed by atoms with Gasteiger partial charge < -0.3 is 20.1 Å². The molecule has 1 fully saturated rings. The van der Waals surface area contributed by atoms with E-state index in [0.29, 0.717) is 31.4 Å². The molecule has 0 radical (unpaired) electrons. The van der Waals surface area contributed by atoms with Gasteiger partial charge in [0.1, 0.15) is 5.82 Å². The first-order valence-corrected chi connectivity index (χ1v) is 13.2. The van der Waals surface area contributed by atoms with E-state index in [0.717, 1.165) is 18.5 Å². The van der Waals surface area contributed by atoms with Gasteiger partial charge in [-0.3, -0.25) is 9.59 Å². The van der Waals surface area contributed by atoms with Crippen LogP contribution in [0.1, 0.15) is 52.9 Å². The lowest BCUT2D eigenvalue weighted by Crippen LogP contribution is -2.45. The number of hydrogen-bond donors (Lipinski definition) is 2. The van der Waals surface area contributed by atoms with E-state index in [1.54, 1.807) is 24.3 Å². The van der Waals surface area contributed by atoms with Crippen molar-refractivity contribution in [3.05, 3.63) is 82.0 Å². The molecule has 1 atom stereocenters. The van der Waals surface area contributed by atoms with Crippen molar-refractivity contribution < 1.29 is 37.0 Å². The molecule has 2 aromatic heterocycles. The summed E-state index contributed by atoms with van der Waals surface area (Å²) in [6.45, 7) is 0.221. The molecule has 1 aliphatic heterocycles. The summed E-state index contributed by atoms with van der Waals surface area (Å²) in [6, 6.07) is 8.33. The van der Waals surface area contributed by atoms with Crippen LogP contribution in [0, 0.1) is 11.7 Å². The van der Waals surface area contributed by atoms with Crippen LogP contribution in [0.5, 0.6) is 5.88 Å². The van der Waals surface area contributed by atoms with E-state index >= 15 is 0 Å². The minimum atomic E-state index is -4.82. The lowest BCUT2D eigenvalue weighted by molar-refractivity contribution is -0.141. The van der Waals surface area contributed by atoms with Crippen molar-refractivity contribution in [2.75, 3.05) is 18.6 Å². The Morgan fingerprint density at radius 2 is 1.85 bits per heavy atom. The zero-order valence-electron chi connectivity index (χ0n) is 21.7. The monoisotopic (exact) mass is 592 g/mol. The van der Waals surface area contributed by atoms with Crippen molar-refractivity contribution in [1.29, 1.82) is 0 Å². The van der Waals surface area contributed by atoms with Gasteiger partial charge in [-0.05, 0) is 43.7 Å². The summed E-state index contributed by atoms with van der Waals surface area (Å²) in [5.41, 5.74) is -3.85. The van der Waals surface area contributed by atoms with Crippen LogP contribution in [-0.4, -0.2) is 46.6 Å². The number of anilines is 1. The number of rotatable bonds is 6. The molecule has 41 heavy (non-hydrogen) atoms. The van der Waals surface area contributed by atoms with E-state index < -0.39 is 46.7 Å². The molecule has 1 aliphatic carbocycles. The van der Waals surface area contributed by atoms with Gasteiger partial charge in [0.2, 0.25) is 5.88 Å². The molecule has 0 saturated heterocycles. The molecular weight excluding hydrogens is 568 g/mol. The van der Waals surface area contributed by atoms with Gasteiger partial charge in [0.05, 0.1) is 29.6 Å². The van der Waals surface area contributed by atoms with E-state index in [-0.39, 0.29) is 34.5 Å². The van der Waals surface area contributed by atoms with Crippen molar-refractivity contribution in [3.63, 3.8) is 0 Å². The lowest BCUT2D eigenvalue weighted by Gasteiger charge is -2.32. The number of nitrogens with one attached hydrogen (secondary N) is 1. The smallest absolute Gasteiger partial charge is 0.434 e. The molecule has 1 aromatic carbocycles. The summed E-state index contributed by atoms with van der Waals surface area (Å²) in [7, 11) is 1.34. The van der Waals surface area contributed by atoms with Gasteiger partial charge >= 0.3 is 6.18 Å². The fraction of sp³-hybridized carbons (Fsp3) is 0.357. The number of nitrogens with zero attached hydrogens (tertiary/aromatic N) is 3. The van der Waals surface area contributed by atoms with Gasteiger partial charge in [0.25, 0.3) is 11.8 Å². The maximum Gasteiger partial charge on any atom is 0.434 e. The second-order valence-electron chi connectivity index (χ2n) is 10.1. The van der Waals surface area contributed by atoms with Crippen molar-refractivity contribution in [2.45, 2.75) is 43.5 Å². The van der Waals surface area contributed by atoms with Gasteiger partial charge in [0.15, 0.2) is 11.3 Å². The molecular formula is C28H25ClF4N4O4. The molecule has 3 aromatic rings. The largest absolute Gasteiger partial charge is 0.481 e. The predicted molar refractivity (Wildman–Crippen MR) is 140 cm³/mol. The molecule has 3 heterocycles. The van der Waals surface area contributed by atoms with Crippen LogP contribution >= 0.6 is 11.6 Å². The van der Waals surface area contributed by atoms with E-state index in [9.17, 15) is 32.3 Å². The van der Waals surface area contributed by atoms with Crippen molar-refractivity contribution in [1.82, 2.24) is 15.3 Å². The molecule has 1 saturated carbocycles. The Labute approximate surface area is 237 Å². The normalized spacial score (nSPS) is 22.4. The van der Waals surface area contributed by atoms with Gasteiger partial charge in [-0.1, -0.05) is 29.8 Å². The molecule has 13 heteroatoms. The first-order chi connectivity index (χ1) is 19.4. The number of fused-ring (bicyclic) bond motifs is 1. The lowest BCUT2D eigenvalue weighted by atomic mass is 9.85. The molecule has 0 bridgehead atoms. The number of methoxy groups -OCH3 is 1. The van der Waals surface area contributed by atoms with Crippen LogP contribution < -0.4 is 15.0 Å². The molecule has 1 unspecified atom stereocenters. The average Bonchev–Trinajstić information content (AvgIpc) is 3.16. The number of aliphatic hydroxyl groups is 1. The Hall–Kier alpha value is -3.77. The van der Waals surface area contributed by atoms with E-state index in [1.807, 2.05) is 0 Å². The van der Waals surface area contributed by atoms with Crippen LogP contribution in [0.4, 0.5) is 23.2 Å². The molecule has 2 aliphatic rings. The van der Waals surface area contributed by atoms with Crippen LogP contribution in [-0.2, 0) is 16.6 Å². The summed E-state index contributed by atoms with van der Waals surface area (Å²) in [5, 5.41) is 14.2. The quantitative estimate of drug-likeness (QED) is 0.396. The number of aromatic nitrogens is 2. The Balaban J connectivity index is 1.29. The number of ether oxygens (including phenoxy) is 1. The topological polar surface area (TPSA) is 105 Å². The third-order valence-electron chi connectivity index (χ3n) is 7.56. The van der Waals surface area contributed by atoms with E-state index in [2.05, 4.69) is 15.3 Å².